The molecular weight excluding hydrogens is 322 g/mol. The van der Waals surface area contributed by atoms with Crippen molar-refractivity contribution in [1.82, 2.24) is 0 Å². The van der Waals surface area contributed by atoms with Crippen LogP contribution in [0.15, 0.2) is 22.7 Å². The summed E-state index contributed by atoms with van der Waals surface area (Å²) in [6.45, 7) is 5.79. The third kappa shape index (κ3) is 3.10. The van der Waals surface area contributed by atoms with Gasteiger partial charge in [-0.15, -0.1) is 0 Å². The Morgan fingerprint density at radius 2 is 2.00 bits per heavy atom. The van der Waals surface area contributed by atoms with Gasteiger partial charge in [-0.05, 0) is 40.4 Å². The molecule has 1 aliphatic heterocycles. The molecule has 0 N–H and O–H groups in total. The average molecular weight is 340 g/mol. The number of hydrogen-bond acceptors (Lipinski definition) is 3. The molecule has 0 aliphatic carbocycles. The first-order valence-electron chi connectivity index (χ1n) is 6.74. The fourth-order valence-corrected chi connectivity index (χ4v) is 2.68. The number of hydrogen-bond donors (Lipinski definition) is 0. The van der Waals surface area contributed by atoms with Crippen LogP contribution in [0.2, 0.25) is 0 Å². The standard InChI is InChI=1S/C15H18BrNO3/c1-10(2)6-8-20-9-7-17-13-11(14(18)15(17)19)4-3-5-12(13)16/h3-5,10H,6-9H2,1-2H3. The first kappa shape index (κ1) is 15.2. The zero-order valence-corrected chi connectivity index (χ0v) is 13.3. The van der Waals surface area contributed by atoms with Gasteiger partial charge in [-0.1, -0.05) is 19.9 Å². The fraction of sp³-hybridized carbons (Fsp3) is 0.467. The van der Waals surface area contributed by atoms with E-state index in [9.17, 15) is 9.59 Å². The lowest BCUT2D eigenvalue weighted by molar-refractivity contribution is -0.114. The first-order valence-corrected chi connectivity index (χ1v) is 7.54. The highest BCUT2D eigenvalue weighted by Crippen LogP contribution is 2.35. The topological polar surface area (TPSA) is 46.6 Å². The van der Waals surface area contributed by atoms with E-state index < -0.39 is 11.7 Å². The Balaban J connectivity index is 1.99. The first-order chi connectivity index (χ1) is 9.52. The van der Waals surface area contributed by atoms with E-state index in [1.54, 1.807) is 12.1 Å². The minimum Gasteiger partial charge on any atom is -0.380 e. The zero-order valence-electron chi connectivity index (χ0n) is 11.7. The molecule has 2 rings (SSSR count). The summed E-state index contributed by atoms with van der Waals surface area (Å²) in [6, 6.07) is 5.27. The number of Topliss-reactive ketones (excluding diaryl/α,β-unsaturated/α-hetero) is 1. The summed E-state index contributed by atoms with van der Waals surface area (Å²) < 4.78 is 6.28. The Morgan fingerprint density at radius 1 is 1.25 bits per heavy atom. The second-order valence-corrected chi connectivity index (χ2v) is 6.07. The van der Waals surface area contributed by atoms with Crippen LogP contribution in [0.4, 0.5) is 5.69 Å². The van der Waals surface area contributed by atoms with Crippen LogP contribution in [0.3, 0.4) is 0 Å². The summed E-state index contributed by atoms with van der Waals surface area (Å²) >= 11 is 3.40. The van der Waals surface area contributed by atoms with Crippen molar-refractivity contribution < 1.29 is 14.3 Å². The third-order valence-corrected chi connectivity index (χ3v) is 3.88. The quantitative estimate of drug-likeness (QED) is 0.591. The smallest absolute Gasteiger partial charge is 0.299 e. The van der Waals surface area contributed by atoms with E-state index in [2.05, 4.69) is 29.8 Å². The Hall–Kier alpha value is -1.20. The zero-order chi connectivity index (χ0) is 14.7. The van der Waals surface area contributed by atoms with Gasteiger partial charge in [0.25, 0.3) is 11.7 Å². The number of ketones is 1. The second kappa shape index (κ2) is 6.50. The summed E-state index contributed by atoms with van der Waals surface area (Å²) in [5.41, 5.74) is 1.13. The largest absolute Gasteiger partial charge is 0.380 e. The van der Waals surface area contributed by atoms with Crippen molar-refractivity contribution in [2.45, 2.75) is 20.3 Å². The molecule has 1 heterocycles. The number of benzene rings is 1. The predicted molar refractivity (Wildman–Crippen MR) is 81.1 cm³/mol. The van der Waals surface area contributed by atoms with Gasteiger partial charge in [-0.25, -0.2) is 0 Å². The summed E-state index contributed by atoms with van der Waals surface area (Å²) in [7, 11) is 0. The number of para-hydroxylation sites is 1. The van der Waals surface area contributed by atoms with Gasteiger partial charge in [0.2, 0.25) is 0 Å². The molecule has 0 aromatic heterocycles. The van der Waals surface area contributed by atoms with E-state index in [1.165, 1.54) is 4.90 Å². The number of fused-ring (bicyclic) bond motifs is 1. The van der Waals surface area contributed by atoms with Gasteiger partial charge >= 0.3 is 0 Å². The molecule has 1 amide bonds. The molecule has 0 atom stereocenters. The summed E-state index contributed by atoms with van der Waals surface area (Å²) in [6.07, 6.45) is 0.993. The van der Waals surface area contributed by atoms with E-state index in [1.807, 2.05) is 6.07 Å². The number of carbonyl (C=O) groups excluding carboxylic acids is 2. The molecule has 4 nitrogen and oxygen atoms in total. The molecule has 0 spiro atoms. The minimum atomic E-state index is -0.473. The van der Waals surface area contributed by atoms with E-state index in [4.69, 9.17) is 4.74 Å². The van der Waals surface area contributed by atoms with E-state index >= 15 is 0 Å². The lowest BCUT2D eigenvalue weighted by Crippen LogP contribution is -2.33. The molecule has 0 unspecified atom stereocenters. The number of nitrogens with zero attached hydrogens (tertiary/aromatic N) is 1. The second-order valence-electron chi connectivity index (χ2n) is 5.22. The molecule has 0 radical (unpaired) electrons. The van der Waals surface area contributed by atoms with Crippen molar-refractivity contribution in [3.05, 3.63) is 28.2 Å². The Labute approximate surface area is 127 Å². The lowest BCUT2D eigenvalue weighted by atomic mass is 10.1. The van der Waals surface area contributed by atoms with Gasteiger partial charge in [-0.3, -0.25) is 9.59 Å². The summed E-state index contributed by atoms with van der Waals surface area (Å²) in [5.74, 6) is -0.317. The van der Waals surface area contributed by atoms with Crippen LogP contribution in [-0.4, -0.2) is 31.4 Å². The van der Waals surface area contributed by atoms with Crippen molar-refractivity contribution >= 4 is 33.3 Å². The molecule has 20 heavy (non-hydrogen) atoms. The highest BCUT2D eigenvalue weighted by Gasteiger charge is 2.36. The Bertz CT molecular complexity index is 528. The number of carbonyl (C=O) groups is 2. The van der Waals surface area contributed by atoms with Gasteiger partial charge in [0.05, 0.1) is 17.9 Å². The van der Waals surface area contributed by atoms with E-state index in [-0.39, 0.29) is 0 Å². The molecule has 0 saturated carbocycles. The molecule has 0 saturated heterocycles. The van der Waals surface area contributed by atoms with E-state index in [0.717, 1.165) is 10.9 Å². The highest BCUT2D eigenvalue weighted by molar-refractivity contribution is 9.10. The number of anilines is 1. The lowest BCUT2D eigenvalue weighted by Gasteiger charge is -2.17. The molecule has 1 aliphatic rings. The van der Waals surface area contributed by atoms with Crippen molar-refractivity contribution in [3.63, 3.8) is 0 Å². The number of amides is 1. The summed E-state index contributed by atoms with van der Waals surface area (Å²) in [4.78, 5) is 25.4. The van der Waals surface area contributed by atoms with Gasteiger partial charge in [0.1, 0.15) is 0 Å². The number of halogens is 1. The van der Waals surface area contributed by atoms with Crippen LogP contribution in [0.25, 0.3) is 0 Å². The van der Waals surface area contributed by atoms with Crippen LogP contribution in [-0.2, 0) is 9.53 Å². The molecule has 0 bridgehead atoms. The van der Waals surface area contributed by atoms with Crippen molar-refractivity contribution in [1.29, 1.82) is 0 Å². The number of rotatable bonds is 6. The van der Waals surface area contributed by atoms with Crippen LogP contribution < -0.4 is 4.90 Å². The maximum atomic E-state index is 12.0. The molecule has 1 aromatic rings. The van der Waals surface area contributed by atoms with E-state index in [0.29, 0.717) is 36.9 Å². The molecule has 1 aromatic carbocycles. The maximum absolute atomic E-state index is 12.0. The Morgan fingerprint density at radius 3 is 2.70 bits per heavy atom. The third-order valence-electron chi connectivity index (χ3n) is 3.24. The van der Waals surface area contributed by atoms with Crippen LogP contribution >= 0.6 is 15.9 Å². The van der Waals surface area contributed by atoms with Crippen LogP contribution in [0.5, 0.6) is 0 Å². The average Bonchev–Trinajstić information content (AvgIpc) is 2.64. The monoisotopic (exact) mass is 339 g/mol. The van der Waals surface area contributed by atoms with Crippen molar-refractivity contribution in [3.8, 4) is 0 Å². The molecule has 108 valence electrons. The normalized spacial score (nSPS) is 14.3. The SMILES string of the molecule is CC(C)CCOCCN1C(=O)C(=O)c2cccc(Br)c21. The van der Waals surface area contributed by atoms with Gasteiger partial charge in [0.15, 0.2) is 0 Å². The molecule has 5 heteroatoms. The van der Waals surface area contributed by atoms with Gasteiger partial charge < -0.3 is 9.64 Å². The summed E-state index contributed by atoms with van der Waals surface area (Å²) in [5, 5.41) is 0. The fourth-order valence-electron chi connectivity index (χ4n) is 2.10. The van der Waals surface area contributed by atoms with Crippen molar-refractivity contribution in [2.75, 3.05) is 24.7 Å². The van der Waals surface area contributed by atoms with Crippen molar-refractivity contribution in [2.24, 2.45) is 5.92 Å². The molecule has 0 fully saturated rings. The predicted octanol–water partition coefficient (Wildman–Crippen LogP) is 3.04. The minimum absolute atomic E-state index is 0.401. The highest BCUT2D eigenvalue weighted by atomic mass is 79.9. The molecular formula is C15H18BrNO3. The van der Waals surface area contributed by atoms with Crippen LogP contribution in [0.1, 0.15) is 30.6 Å². The van der Waals surface area contributed by atoms with Gasteiger partial charge in [-0.2, -0.15) is 0 Å². The maximum Gasteiger partial charge on any atom is 0.299 e. The van der Waals surface area contributed by atoms with Crippen LogP contribution in [0, 0.1) is 5.92 Å². The number of ether oxygens (including phenoxy) is 1. The van der Waals surface area contributed by atoms with Gasteiger partial charge in [0, 0.05) is 17.6 Å². The Kier molecular flexibility index (Phi) is 4.94.